The highest BCUT2D eigenvalue weighted by atomic mass is 35.5. The van der Waals surface area contributed by atoms with Gasteiger partial charge in [-0.15, -0.1) is 0 Å². The molecule has 18 heavy (non-hydrogen) atoms. The summed E-state index contributed by atoms with van der Waals surface area (Å²) in [6, 6.07) is 8.52. The Morgan fingerprint density at radius 1 is 1.28 bits per heavy atom. The van der Waals surface area contributed by atoms with Crippen LogP contribution < -0.4 is 0 Å². The second-order valence-corrected chi connectivity index (χ2v) is 5.09. The van der Waals surface area contributed by atoms with Crippen molar-refractivity contribution in [1.82, 2.24) is 9.88 Å². The van der Waals surface area contributed by atoms with Crippen LogP contribution in [-0.4, -0.2) is 15.9 Å². The minimum absolute atomic E-state index is 0.544. The molecule has 2 aromatic heterocycles. The summed E-state index contributed by atoms with van der Waals surface area (Å²) in [6.45, 7) is 1.76. The molecule has 0 spiro atoms. The third-order valence-electron chi connectivity index (χ3n) is 3.18. The van der Waals surface area contributed by atoms with Crippen LogP contribution in [0.2, 0.25) is 5.15 Å². The molecule has 0 amide bonds. The molecule has 1 saturated carbocycles. The highest BCUT2D eigenvalue weighted by molar-refractivity contribution is 6.29. The van der Waals surface area contributed by atoms with Gasteiger partial charge >= 0.3 is 0 Å². The van der Waals surface area contributed by atoms with Crippen LogP contribution in [0.25, 0.3) is 0 Å². The van der Waals surface area contributed by atoms with Crippen molar-refractivity contribution in [2.75, 3.05) is 0 Å². The number of rotatable bonds is 5. The zero-order valence-corrected chi connectivity index (χ0v) is 10.8. The first-order valence-electron chi connectivity index (χ1n) is 6.18. The molecule has 4 heteroatoms. The third-order valence-corrected chi connectivity index (χ3v) is 3.40. The van der Waals surface area contributed by atoms with E-state index < -0.39 is 0 Å². The zero-order chi connectivity index (χ0) is 12.4. The van der Waals surface area contributed by atoms with Crippen LogP contribution in [0.1, 0.15) is 24.2 Å². The summed E-state index contributed by atoms with van der Waals surface area (Å²) in [5.74, 6) is 1.02. The molecule has 1 aliphatic rings. The quantitative estimate of drug-likeness (QED) is 0.773. The molecule has 0 N–H and O–H groups in total. The van der Waals surface area contributed by atoms with Gasteiger partial charge in [0.2, 0.25) is 0 Å². The molecule has 3 rings (SSSR count). The van der Waals surface area contributed by atoms with E-state index in [0.29, 0.717) is 11.2 Å². The Morgan fingerprint density at radius 3 is 2.78 bits per heavy atom. The monoisotopic (exact) mass is 262 g/mol. The normalized spacial score (nSPS) is 15.2. The SMILES string of the molecule is Clc1ccc(CN(Cc2ccco2)C2CC2)cn1. The molecule has 3 nitrogen and oxygen atoms in total. The van der Waals surface area contributed by atoms with Crippen molar-refractivity contribution < 1.29 is 4.42 Å². The minimum atomic E-state index is 0.544. The molecular weight excluding hydrogens is 248 g/mol. The van der Waals surface area contributed by atoms with E-state index in [4.69, 9.17) is 16.0 Å². The fourth-order valence-electron chi connectivity index (χ4n) is 2.09. The van der Waals surface area contributed by atoms with E-state index in [2.05, 4.69) is 9.88 Å². The number of nitrogens with zero attached hydrogens (tertiary/aromatic N) is 2. The Balaban J connectivity index is 1.68. The Kier molecular flexibility index (Phi) is 3.35. The third kappa shape index (κ3) is 2.92. The average Bonchev–Trinajstić information content (AvgIpc) is 3.10. The number of pyridine rings is 1. The maximum Gasteiger partial charge on any atom is 0.129 e. The lowest BCUT2D eigenvalue weighted by Gasteiger charge is -2.20. The summed E-state index contributed by atoms with van der Waals surface area (Å²) in [7, 11) is 0. The number of aromatic nitrogens is 1. The predicted octanol–water partition coefficient (Wildman–Crippen LogP) is 3.49. The van der Waals surface area contributed by atoms with Crippen LogP contribution in [-0.2, 0) is 13.1 Å². The van der Waals surface area contributed by atoms with Crippen molar-refractivity contribution >= 4 is 11.6 Å². The van der Waals surface area contributed by atoms with E-state index in [1.54, 1.807) is 6.26 Å². The van der Waals surface area contributed by atoms with Crippen molar-refractivity contribution in [1.29, 1.82) is 0 Å². The van der Waals surface area contributed by atoms with Crippen LogP contribution in [0.5, 0.6) is 0 Å². The van der Waals surface area contributed by atoms with Crippen LogP contribution in [0, 0.1) is 0 Å². The topological polar surface area (TPSA) is 29.3 Å². The summed E-state index contributed by atoms with van der Waals surface area (Å²) >= 11 is 5.80. The van der Waals surface area contributed by atoms with Crippen molar-refractivity contribution in [3.05, 3.63) is 53.2 Å². The molecule has 0 saturated heterocycles. The second-order valence-electron chi connectivity index (χ2n) is 4.70. The van der Waals surface area contributed by atoms with Gasteiger partial charge in [0.05, 0.1) is 12.8 Å². The predicted molar refractivity (Wildman–Crippen MR) is 70.2 cm³/mol. The summed E-state index contributed by atoms with van der Waals surface area (Å²) in [5, 5.41) is 0.544. The number of hydrogen-bond donors (Lipinski definition) is 0. The van der Waals surface area contributed by atoms with Gasteiger partial charge in [-0.2, -0.15) is 0 Å². The molecule has 1 fully saturated rings. The van der Waals surface area contributed by atoms with Gasteiger partial charge < -0.3 is 4.42 Å². The van der Waals surface area contributed by atoms with E-state index in [-0.39, 0.29) is 0 Å². The van der Waals surface area contributed by atoms with Crippen LogP contribution in [0.3, 0.4) is 0 Å². The van der Waals surface area contributed by atoms with Crippen molar-refractivity contribution in [2.45, 2.75) is 32.0 Å². The molecular formula is C14H15ClN2O. The molecule has 1 aliphatic carbocycles. The van der Waals surface area contributed by atoms with Gasteiger partial charge in [0, 0.05) is 18.8 Å². The first-order valence-corrected chi connectivity index (χ1v) is 6.56. The highest BCUT2D eigenvalue weighted by Gasteiger charge is 2.29. The zero-order valence-electron chi connectivity index (χ0n) is 10.1. The van der Waals surface area contributed by atoms with Crippen molar-refractivity contribution in [2.24, 2.45) is 0 Å². The Labute approximate surface area is 111 Å². The van der Waals surface area contributed by atoms with Gasteiger partial charge in [0.25, 0.3) is 0 Å². The van der Waals surface area contributed by atoms with Crippen LogP contribution in [0.4, 0.5) is 0 Å². The number of furan rings is 1. The Hall–Kier alpha value is -1.32. The summed E-state index contributed by atoms with van der Waals surface area (Å²) < 4.78 is 5.42. The van der Waals surface area contributed by atoms with Crippen molar-refractivity contribution in [3.8, 4) is 0 Å². The average molecular weight is 263 g/mol. The lowest BCUT2D eigenvalue weighted by molar-refractivity contribution is 0.225. The summed E-state index contributed by atoms with van der Waals surface area (Å²) in [6.07, 6.45) is 6.13. The Morgan fingerprint density at radius 2 is 2.17 bits per heavy atom. The summed E-state index contributed by atoms with van der Waals surface area (Å²) in [4.78, 5) is 6.56. The highest BCUT2D eigenvalue weighted by Crippen LogP contribution is 2.29. The molecule has 0 bridgehead atoms. The van der Waals surface area contributed by atoms with Crippen LogP contribution >= 0.6 is 11.6 Å². The molecule has 0 atom stereocenters. The van der Waals surface area contributed by atoms with Gasteiger partial charge in [0.1, 0.15) is 10.9 Å². The lowest BCUT2D eigenvalue weighted by atomic mass is 10.2. The fraction of sp³-hybridized carbons (Fsp3) is 0.357. The van der Waals surface area contributed by atoms with Crippen LogP contribution in [0.15, 0.2) is 41.1 Å². The molecule has 2 heterocycles. The van der Waals surface area contributed by atoms with Crippen molar-refractivity contribution in [3.63, 3.8) is 0 Å². The molecule has 2 aromatic rings. The maximum absolute atomic E-state index is 5.80. The standard InChI is InChI=1S/C14H15ClN2O/c15-14-6-3-11(8-16-14)9-17(12-4-5-12)10-13-2-1-7-18-13/h1-3,6-8,12H,4-5,9-10H2. The van der Waals surface area contributed by atoms with Gasteiger partial charge in [-0.25, -0.2) is 4.98 Å². The first kappa shape index (κ1) is 11.8. The minimum Gasteiger partial charge on any atom is -0.468 e. The molecule has 0 aliphatic heterocycles. The molecule has 94 valence electrons. The van der Waals surface area contributed by atoms with Gasteiger partial charge in [-0.1, -0.05) is 17.7 Å². The lowest BCUT2D eigenvalue weighted by Crippen LogP contribution is -2.24. The maximum atomic E-state index is 5.80. The van der Waals surface area contributed by atoms with E-state index in [0.717, 1.165) is 18.8 Å². The summed E-state index contributed by atoms with van der Waals surface area (Å²) in [5.41, 5.74) is 1.19. The van der Waals surface area contributed by atoms with Gasteiger partial charge in [-0.3, -0.25) is 4.90 Å². The fourth-order valence-corrected chi connectivity index (χ4v) is 2.20. The molecule has 0 aromatic carbocycles. The van der Waals surface area contributed by atoms with E-state index in [1.165, 1.54) is 18.4 Å². The smallest absolute Gasteiger partial charge is 0.129 e. The van der Waals surface area contributed by atoms with E-state index >= 15 is 0 Å². The van der Waals surface area contributed by atoms with Gasteiger partial charge in [0.15, 0.2) is 0 Å². The van der Waals surface area contributed by atoms with E-state index in [1.807, 2.05) is 30.5 Å². The van der Waals surface area contributed by atoms with E-state index in [9.17, 15) is 0 Å². The Bertz CT molecular complexity index is 491. The number of hydrogen-bond acceptors (Lipinski definition) is 3. The second kappa shape index (κ2) is 5.12. The first-order chi connectivity index (χ1) is 8.81. The molecule has 0 unspecified atom stereocenters. The van der Waals surface area contributed by atoms with Gasteiger partial charge in [-0.05, 0) is 36.6 Å². The number of halogens is 1. The molecule has 0 radical (unpaired) electrons. The largest absolute Gasteiger partial charge is 0.468 e.